The number of ether oxygens (including phenoxy) is 1. The Morgan fingerprint density at radius 2 is 1.76 bits per heavy atom. The molecule has 0 saturated heterocycles. The van der Waals surface area contributed by atoms with E-state index in [0.29, 0.717) is 41.1 Å². The fraction of sp³-hybridized carbons (Fsp3) is 0.276. The fourth-order valence-corrected chi connectivity index (χ4v) is 5.46. The van der Waals surface area contributed by atoms with E-state index < -0.39 is 10.0 Å². The fourth-order valence-electron chi connectivity index (χ4n) is 4.49. The van der Waals surface area contributed by atoms with E-state index in [4.69, 9.17) is 9.15 Å². The summed E-state index contributed by atoms with van der Waals surface area (Å²) in [5, 5.41) is 3.99. The third-order valence-corrected chi connectivity index (χ3v) is 7.35. The number of anilines is 1. The summed E-state index contributed by atoms with van der Waals surface area (Å²) < 4.78 is 52.2. The molecule has 3 aromatic carbocycles. The first kappa shape index (κ1) is 27.3. The number of sulfonamides is 1. The van der Waals surface area contributed by atoms with Crippen molar-refractivity contribution in [2.45, 2.75) is 26.3 Å². The van der Waals surface area contributed by atoms with Crippen molar-refractivity contribution in [1.82, 2.24) is 5.32 Å². The maximum absolute atomic E-state index is 13.6. The molecule has 0 bridgehead atoms. The summed E-state index contributed by atoms with van der Waals surface area (Å²) in [5.74, 6) is -0.134. The molecule has 0 fully saturated rings. The van der Waals surface area contributed by atoms with Gasteiger partial charge in [-0.15, -0.1) is 0 Å². The molecule has 0 radical (unpaired) electrons. The van der Waals surface area contributed by atoms with Gasteiger partial charge in [-0.1, -0.05) is 30.3 Å². The van der Waals surface area contributed by atoms with E-state index >= 15 is 0 Å². The van der Waals surface area contributed by atoms with Gasteiger partial charge in [0.2, 0.25) is 10.0 Å². The standard InChI is InChI=1S/C29H31FN2O5S/c1-4-36-28(33)11-8-16-32(38(3,34)35)26-18-27-24(17-23(26)20-9-6-5-7-10-20)25(19-31-2)29(37-27)21-12-14-22(30)15-13-21/h5-7,9-10,12-15,17-18,31H,4,8,11,16,19H2,1-3H3. The summed E-state index contributed by atoms with van der Waals surface area (Å²) in [5.41, 5.74) is 4.09. The summed E-state index contributed by atoms with van der Waals surface area (Å²) in [7, 11) is -1.88. The van der Waals surface area contributed by atoms with Gasteiger partial charge >= 0.3 is 5.97 Å². The SMILES string of the molecule is CCOC(=O)CCCN(c1cc2oc(-c3ccc(F)cc3)c(CNC)c2cc1-c1ccccc1)S(C)(=O)=O. The van der Waals surface area contributed by atoms with E-state index in [0.717, 1.165) is 22.8 Å². The minimum absolute atomic E-state index is 0.0951. The van der Waals surface area contributed by atoms with Crippen molar-refractivity contribution in [3.05, 3.63) is 78.1 Å². The van der Waals surface area contributed by atoms with Crippen molar-refractivity contribution < 1.29 is 26.8 Å². The Morgan fingerprint density at radius 3 is 2.39 bits per heavy atom. The number of hydrogen-bond acceptors (Lipinski definition) is 6. The number of furan rings is 1. The lowest BCUT2D eigenvalue weighted by atomic mass is 9.98. The van der Waals surface area contributed by atoms with Crippen molar-refractivity contribution in [1.29, 1.82) is 0 Å². The highest BCUT2D eigenvalue weighted by atomic mass is 32.2. The second-order valence-corrected chi connectivity index (χ2v) is 10.8. The number of benzene rings is 3. The van der Waals surface area contributed by atoms with Gasteiger partial charge in [0.1, 0.15) is 17.2 Å². The zero-order chi connectivity index (χ0) is 27.3. The summed E-state index contributed by atoms with van der Waals surface area (Å²) in [6.07, 6.45) is 1.54. The third kappa shape index (κ3) is 6.06. The lowest BCUT2D eigenvalue weighted by Crippen LogP contribution is -2.31. The zero-order valence-corrected chi connectivity index (χ0v) is 22.5. The molecule has 7 nitrogen and oxygen atoms in total. The minimum Gasteiger partial charge on any atom is -0.466 e. The molecule has 1 heterocycles. The highest BCUT2D eigenvalue weighted by Crippen LogP contribution is 2.41. The average Bonchev–Trinajstić information content (AvgIpc) is 3.24. The van der Waals surface area contributed by atoms with Gasteiger partial charge in [0.05, 0.1) is 18.6 Å². The number of rotatable bonds is 11. The van der Waals surface area contributed by atoms with Crippen LogP contribution in [-0.2, 0) is 26.1 Å². The first-order valence-electron chi connectivity index (χ1n) is 12.4. The molecule has 0 aliphatic carbocycles. The molecule has 4 rings (SSSR count). The number of carbonyl (C=O) groups excluding carboxylic acids is 1. The molecule has 1 N–H and O–H groups in total. The Labute approximate surface area is 222 Å². The van der Waals surface area contributed by atoms with Gasteiger partial charge in [-0.3, -0.25) is 9.10 Å². The number of halogens is 1. The molecule has 200 valence electrons. The molecule has 0 aliphatic rings. The number of hydrogen-bond donors (Lipinski definition) is 1. The van der Waals surface area contributed by atoms with Crippen molar-refractivity contribution in [3.63, 3.8) is 0 Å². The number of nitrogens with zero attached hydrogens (tertiary/aromatic N) is 1. The second kappa shape index (κ2) is 11.8. The Morgan fingerprint density at radius 1 is 1.05 bits per heavy atom. The predicted molar refractivity (Wildman–Crippen MR) is 148 cm³/mol. The number of fused-ring (bicyclic) bond motifs is 1. The molecular formula is C29H31FN2O5S. The van der Waals surface area contributed by atoms with Crippen LogP contribution in [0, 0.1) is 5.82 Å². The van der Waals surface area contributed by atoms with Gasteiger partial charge in [0.15, 0.2) is 0 Å². The molecule has 0 saturated carbocycles. The smallest absolute Gasteiger partial charge is 0.305 e. The molecule has 0 spiro atoms. The van der Waals surface area contributed by atoms with Crippen LogP contribution in [0.5, 0.6) is 0 Å². The number of carbonyl (C=O) groups is 1. The Kier molecular flexibility index (Phi) is 8.48. The molecule has 0 atom stereocenters. The first-order valence-corrected chi connectivity index (χ1v) is 14.3. The molecule has 1 aromatic heterocycles. The van der Waals surface area contributed by atoms with Crippen molar-refractivity contribution in [3.8, 4) is 22.5 Å². The van der Waals surface area contributed by atoms with Crippen LogP contribution in [0.1, 0.15) is 25.3 Å². The molecule has 0 aliphatic heterocycles. The maximum atomic E-state index is 13.6. The van der Waals surface area contributed by atoms with Gasteiger partial charge in [-0.25, -0.2) is 12.8 Å². The summed E-state index contributed by atoms with van der Waals surface area (Å²) in [6, 6.07) is 19.3. The predicted octanol–water partition coefficient (Wildman–Crippen LogP) is 5.73. The van der Waals surface area contributed by atoms with Crippen LogP contribution in [0.2, 0.25) is 0 Å². The Bertz CT molecular complexity index is 1520. The molecule has 0 amide bonds. The maximum Gasteiger partial charge on any atom is 0.305 e. The monoisotopic (exact) mass is 538 g/mol. The number of nitrogens with one attached hydrogen (secondary N) is 1. The Balaban J connectivity index is 1.90. The van der Waals surface area contributed by atoms with Gasteiger partial charge in [0.25, 0.3) is 0 Å². The van der Waals surface area contributed by atoms with E-state index in [1.807, 2.05) is 43.4 Å². The lowest BCUT2D eigenvalue weighted by Gasteiger charge is -2.25. The van der Waals surface area contributed by atoms with Crippen molar-refractivity contribution in [2.75, 3.05) is 30.8 Å². The molecule has 38 heavy (non-hydrogen) atoms. The minimum atomic E-state index is -3.71. The van der Waals surface area contributed by atoms with Crippen LogP contribution in [0.4, 0.5) is 10.1 Å². The molecule has 0 unspecified atom stereocenters. The summed E-state index contributed by atoms with van der Waals surface area (Å²) in [6.45, 7) is 2.59. The number of esters is 1. The molecular weight excluding hydrogens is 507 g/mol. The largest absolute Gasteiger partial charge is 0.466 e. The topological polar surface area (TPSA) is 88.8 Å². The van der Waals surface area contributed by atoms with E-state index in [9.17, 15) is 17.6 Å². The highest BCUT2D eigenvalue weighted by molar-refractivity contribution is 7.92. The van der Waals surface area contributed by atoms with Crippen LogP contribution in [0.25, 0.3) is 33.4 Å². The van der Waals surface area contributed by atoms with E-state index in [2.05, 4.69) is 5.32 Å². The van der Waals surface area contributed by atoms with Crippen LogP contribution < -0.4 is 9.62 Å². The first-order chi connectivity index (χ1) is 18.2. The van der Waals surface area contributed by atoms with Gasteiger partial charge in [-0.2, -0.15) is 0 Å². The third-order valence-electron chi connectivity index (χ3n) is 6.17. The van der Waals surface area contributed by atoms with E-state index in [-0.39, 0.29) is 31.4 Å². The quantitative estimate of drug-likeness (QED) is 0.245. The Hall–Kier alpha value is -3.69. The second-order valence-electron chi connectivity index (χ2n) is 8.92. The average molecular weight is 539 g/mol. The van der Waals surface area contributed by atoms with Crippen LogP contribution in [0.15, 0.2) is 71.1 Å². The lowest BCUT2D eigenvalue weighted by molar-refractivity contribution is -0.143. The van der Waals surface area contributed by atoms with Crippen molar-refractivity contribution in [2.24, 2.45) is 0 Å². The highest BCUT2D eigenvalue weighted by Gasteiger charge is 2.25. The summed E-state index contributed by atoms with van der Waals surface area (Å²) >= 11 is 0. The van der Waals surface area contributed by atoms with Gasteiger partial charge < -0.3 is 14.5 Å². The van der Waals surface area contributed by atoms with E-state index in [1.165, 1.54) is 16.4 Å². The normalized spacial score (nSPS) is 11.6. The molecule has 9 heteroatoms. The van der Waals surface area contributed by atoms with Crippen LogP contribution in [-0.4, -0.2) is 40.8 Å². The zero-order valence-electron chi connectivity index (χ0n) is 21.7. The van der Waals surface area contributed by atoms with Crippen LogP contribution >= 0.6 is 0 Å². The van der Waals surface area contributed by atoms with Gasteiger partial charge in [-0.05, 0) is 56.3 Å². The van der Waals surface area contributed by atoms with Gasteiger partial charge in [0, 0.05) is 47.7 Å². The molecule has 4 aromatic rings. The van der Waals surface area contributed by atoms with Crippen LogP contribution in [0.3, 0.4) is 0 Å². The summed E-state index contributed by atoms with van der Waals surface area (Å²) in [4.78, 5) is 11.9. The van der Waals surface area contributed by atoms with Crippen molar-refractivity contribution >= 4 is 32.6 Å². The van der Waals surface area contributed by atoms with E-state index in [1.54, 1.807) is 25.1 Å².